The molecule has 0 bridgehead atoms. The van der Waals surface area contributed by atoms with Gasteiger partial charge in [0.2, 0.25) is 5.91 Å². The average Bonchev–Trinajstić information content (AvgIpc) is 3.17. The Morgan fingerprint density at radius 3 is 3.00 bits per heavy atom. The summed E-state index contributed by atoms with van der Waals surface area (Å²) in [5.74, 6) is 0.0699. The minimum atomic E-state index is -0.658. The van der Waals surface area contributed by atoms with E-state index in [1.54, 1.807) is 13.2 Å². The number of benzene rings is 1. The molecule has 1 aromatic heterocycles. The third-order valence-electron chi connectivity index (χ3n) is 5.49. The zero-order chi connectivity index (χ0) is 18.1. The lowest BCUT2D eigenvalue weighted by Crippen LogP contribution is -2.52. The highest BCUT2D eigenvalue weighted by Crippen LogP contribution is 2.30. The summed E-state index contributed by atoms with van der Waals surface area (Å²) in [4.78, 5) is 17.8. The number of fused-ring (bicyclic) bond motifs is 1. The lowest BCUT2D eigenvalue weighted by atomic mass is 9.95. The van der Waals surface area contributed by atoms with Crippen LogP contribution in [0.2, 0.25) is 0 Å². The number of ether oxygens (including phenoxy) is 1. The van der Waals surface area contributed by atoms with Crippen molar-refractivity contribution < 1.29 is 13.9 Å². The molecule has 136 valence electrons. The molecule has 0 saturated carbocycles. The summed E-state index contributed by atoms with van der Waals surface area (Å²) < 4.78 is 18.6. The van der Waals surface area contributed by atoms with E-state index < -0.39 is 6.04 Å². The van der Waals surface area contributed by atoms with E-state index in [4.69, 9.17) is 10.5 Å². The van der Waals surface area contributed by atoms with Crippen molar-refractivity contribution in [2.75, 3.05) is 13.7 Å². The molecule has 3 N–H and O–H groups in total. The smallest absolute Gasteiger partial charge is 0.242 e. The van der Waals surface area contributed by atoms with Gasteiger partial charge in [0.25, 0.3) is 0 Å². The summed E-state index contributed by atoms with van der Waals surface area (Å²) in [6.45, 7) is 4.69. The average molecular weight is 347 g/mol. The van der Waals surface area contributed by atoms with Crippen molar-refractivity contribution in [3.8, 4) is 0 Å². The van der Waals surface area contributed by atoms with Crippen molar-refractivity contribution in [1.29, 1.82) is 0 Å². The molecule has 25 heavy (non-hydrogen) atoms. The number of nitrogens with zero attached hydrogens (tertiary/aromatic N) is 1. The van der Waals surface area contributed by atoms with Crippen LogP contribution in [-0.4, -0.2) is 47.6 Å². The highest BCUT2D eigenvalue weighted by atomic mass is 19.1. The number of nitrogens with one attached hydrogen (secondary N) is 1. The topological polar surface area (TPSA) is 71.3 Å². The van der Waals surface area contributed by atoms with Crippen LogP contribution in [0.3, 0.4) is 0 Å². The first-order chi connectivity index (χ1) is 11.9. The number of halogens is 1. The molecule has 1 fully saturated rings. The molecule has 0 radical (unpaired) electrons. The number of H-pyrrole nitrogens is 1. The first-order valence-electron chi connectivity index (χ1n) is 8.76. The van der Waals surface area contributed by atoms with Gasteiger partial charge in [-0.25, -0.2) is 4.39 Å². The van der Waals surface area contributed by atoms with Gasteiger partial charge in [-0.3, -0.25) is 4.79 Å². The second-order valence-corrected chi connectivity index (χ2v) is 7.04. The molecule has 2 heterocycles. The molecule has 6 heteroatoms. The van der Waals surface area contributed by atoms with E-state index >= 15 is 0 Å². The fraction of sp³-hybridized carbons (Fsp3) is 0.526. The zero-order valence-electron chi connectivity index (χ0n) is 15.0. The standard InChI is InChI=1S/C19H26FN3O2/c1-11-6-7-23(19(24)18(21)12(2)25-3)17(11)8-13-10-22-16-9-14(20)4-5-15(13)16/h4-5,9-12,17-18,22H,6-8,21H2,1-3H3/t11-,12+,17+,18-/m0/s1. The van der Waals surface area contributed by atoms with Gasteiger partial charge in [0.05, 0.1) is 6.10 Å². The number of hydrogen-bond acceptors (Lipinski definition) is 3. The summed E-state index contributed by atoms with van der Waals surface area (Å²) in [6, 6.07) is 4.19. The van der Waals surface area contributed by atoms with Crippen LogP contribution in [0.5, 0.6) is 0 Å². The lowest BCUT2D eigenvalue weighted by Gasteiger charge is -2.30. The Bertz CT molecular complexity index is 760. The van der Waals surface area contributed by atoms with Gasteiger partial charge in [-0.1, -0.05) is 6.92 Å². The molecule has 1 saturated heterocycles. The highest BCUT2D eigenvalue weighted by Gasteiger charge is 2.38. The van der Waals surface area contributed by atoms with Gasteiger partial charge in [0.15, 0.2) is 0 Å². The van der Waals surface area contributed by atoms with E-state index in [2.05, 4.69) is 11.9 Å². The SMILES string of the molecule is CO[C@H](C)[C@H](N)C(=O)N1CC[C@H](C)[C@H]1Cc1c[nH]c2cc(F)ccc12. The molecule has 1 aliphatic rings. The summed E-state index contributed by atoms with van der Waals surface area (Å²) in [6.07, 6.45) is 3.28. The van der Waals surface area contributed by atoms with Gasteiger partial charge < -0.3 is 20.4 Å². The number of amides is 1. The number of carbonyl (C=O) groups excluding carboxylic acids is 1. The number of likely N-dealkylation sites (tertiary alicyclic amines) is 1. The van der Waals surface area contributed by atoms with Gasteiger partial charge in [-0.2, -0.15) is 0 Å². The van der Waals surface area contributed by atoms with Crippen LogP contribution >= 0.6 is 0 Å². The zero-order valence-corrected chi connectivity index (χ0v) is 15.0. The minimum Gasteiger partial charge on any atom is -0.380 e. The quantitative estimate of drug-likeness (QED) is 0.873. The van der Waals surface area contributed by atoms with E-state index in [1.165, 1.54) is 12.1 Å². The monoisotopic (exact) mass is 347 g/mol. The molecule has 2 aromatic rings. The summed E-state index contributed by atoms with van der Waals surface area (Å²) >= 11 is 0. The van der Waals surface area contributed by atoms with E-state index in [9.17, 15) is 9.18 Å². The Hall–Kier alpha value is -1.92. The molecule has 0 aliphatic carbocycles. The van der Waals surface area contributed by atoms with Crippen LogP contribution in [0.25, 0.3) is 10.9 Å². The van der Waals surface area contributed by atoms with Gasteiger partial charge in [0.1, 0.15) is 11.9 Å². The van der Waals surface area contributed by atoms with E-state index in [0.29, 0.717) is 12.5 Å². The van der Waals surface area contributed by atoms with Crippen LogP contribution in [0, 0.1) is 11.7 Å². The van der Waals surface area contributed by atoms with Crippen molar-refractivity contribution in [2.45, 2.75) is 44.9 Å². The molecule has 5 nitrogen and oxygen atoms in total. The molecular weight excluding hydrogens is 321 g/mol. The Balaban J connectivity index is 1.82. The number of hydrogen-bond donors (Lipinski definition) is 2. The van der Waals surface area contributed by atoms with Crippen LogP contribution in [0.15, 0.2) is 24.4 Å². The fourth-order valence-electron chi connectivity index (χ4n) is 3.68. The Morgan fingerprint density at radius 1 is 1.52 bits per heavy atom. The summed E-state index contributed by atoms with van der Waals surface area (Å²) in [7, 11) is 1.56. The molecular formula is C19H26FN3O2. The summed E-state index contributed by atoms with van der Waals surface area (Å²) in [5, 5.41) is 1.00. The van der Waals surface area contributed by atoms with Gasteiger partial charge in [0, 0.05) is 36.8 Å². The van der Waals surface area contributed by atoms with Crippen molar-refractivity contribution >= 4 is 16.8 Å². The molecule has 0 unspecified atom stereocenters. The van der Waals surface area contributed by atoms with E-state index in [-0.39, 0.29) is 23.9 Å². The number of carbonyl (C=O) groups is 1. The third kappa shape index (κ3) is 3.41. The van der Waals surface area contributed by atoms with Crippen molar-refractivity contribution in [3.05, 3.63) is 35.8 Å². The number of aromatic amines is 1. The van der Waals surface area contributed by atoms with Crippen molar-refractivity contribution in [1.82, 2.24) is 9.88 Å². The lowest BCUT2D eigenvalue weighted by molar-refractivity contribution is -0.136. The number of rotatable bonds is 5. The van der Waals surface area contributed by atoms with Crippen LogP contribution in [0.1, 0.15) is 25.8 Å². The number of aromatic nitrogens is 1. The number of nitrogens with two attached hydrogens (primary N) is 1. The summed E-state index contributed by atoms with van der Waals surface area (Å²) in [5.41, 5.74) is 7.95. The maximum Gasteiger partial charge on any atom is 0.242 e. The maximum atomic E-state index is 13.4. The molecule has 1 amide bonds. The highest BCUT2D eigenvalue weighted by molar-refractivity contribution is 5.84. The fourth-order valence-corrected chi connectivity index (χ4v) is 3.68. The maximum absolute atomic E-state index is 13.4. The molecule has 4 atom stereocenters. The Kier molecular flexibility index (Phi) is 5.11. The second kappa shape index (κ2) is 7.14. The Morgan fingerprint density at radius 2 is 2.28 bits per heavy atom. The first kappa shape index (κ1) is 17.9. The molecule has 1 aliphatic heterocycles. The minimum absolute atomic E-state index is 0.0606. The van der Waals surface area contributed by atoms with E-state index in [1.807, 2.05) is 18.0 Å². The van der Waals surface area contributed by atoms with E-state index in [0.717, 1.165) is 29.3 Å². The van der Waals surface area contributed by atoms with Crippen molar-refractivity contribution in [3.63, 3.8) is 0 Å². The van der Waals surface area contributed by atoms with Gasteiger partial charge in [-0.15, -0.1) is 0 Å². The molecule has 1 aromatic carbocycles. The predicted octanol–water partition coefficient (Wildman–Crippen LogP) is 2.45. The van der Waals surface area contributed by atoms with Gasteiger partial charge in [-0.05, 0) is 49.4 Å². The van der Waals surface area contributed by atoms with Crippen LogP contribution in [-0.2, 0) is 16.0 Å². The second-order valence-electron chi connectivity index (χ2n) is 7.04. The Labute approximate surface area is 147 Å². The molecule has 0 spiro atoms. The first-order valence-corrected chi connectivity index (χ1v) is 8.76. The third-order valence-corrected chi connectivity index (χ3v) is 5.49. The van der Waals surface area contributed by atoms with Gasteiger partial charge >= 0.3 is 0 Å². The van der Waals surface area contributed by atoms with Crippen molar-refractivity contribution in [2.24, 2.45) is 11.7 Å². The predicted molar refractivity (Wildman–Crippen MR) is 95.7 cm³/mol. The van der Waals surface area contributed by atoms with Crippen LogP contribution < -0.4 is 5.73 Å². The normalized spacial score (nSPS) is 23.2. The van der Waals surface area contributed by atoms with Crippen LogP contribution in [0.4, 0.5) is 4.39 Å². The molecule has 3 rings (SSSR count). The largest absolute Gasteiger partial charge is 0.380 e. The number of methoxy groups -OCH3 is 1.